The zero-order chi connectivity index (χ0) is 18.1. The minimum Gasteiger partial charge on any atom is -0.350 e. The fraction of sp³-hybridized carbons (Fsp3) is 0.706. The highest BCUT2D eigenvalue weighted by Crippen LogP contribution is 2.23. The Labute approximate surface area is 148 Å². The van der Waals surface area contributed by atoms with Crippen molar-refractivity contribution in [2.45, 2.75) is 59.0 Å². The Morgan fingerprint density at radius 1 is 1.33 bits per heavy atom. The lowest BCUT2D eigenvalue weighted by molar-refractivity contribution is -0.138. The SMILES string of the molecule is Cc1nn(C)c(C)c1CCC(=O)N1CSCC1C(=O)NC(C)(C)C. The van der Waals surface area contributed by atoms with E-state index in [0.29, 0.717) is 24.5 Å². The summed E-state index contributed by atoms with van der Waals surface area (Å²) in [6.45, 7) is 9.84. The first-order valence-corrected chi connectivity index (χ1v) is 9.44. The van der Waals surface area contributed by atoms with Crippen LogP contribution in [0, 0.1) is 13.8 Å². The molecule has 2 amide bonds. The van der Waals surface area contributed by atoms with Crippen LogP contribution in [0.3, 0.4) is 0 Å². The second-order valence-electron chi connectivity index (χ2n) is 7.39. The van der Waals surface area contributed by atoms with E-state index in [0.717, 1.165) is 17.0 Å². The van der Waals surface area contributed by atoms with Gasteiger partial charge in [-0.25, -0.2) is 0 Å². The topological polar surface area (TPSA) is 67.2 Å². The van der Waals surface area contributed by atoms with E-state index in [-0.39, 0.29) is 23.4 Å². The van der Waals surface area contributed by atoms with E-state index in [9.17, 15) is 9.59 Å². The first-order chi connectivity index (χ1) is 11.1. The van der Waals surface area contributed by atoms with Crippen LogP contribution in [0.2, 0.25) is 0 Å². The van der Waals surface area contributed by atoms with E-state index < -0.39 is 0 Å². The lowest BCUT2D eigenvalue weighted by atomic mass is 10.1. The van der Waals surface area contributed by atoms with Crippen molar-refractivity contribution in [2.75, 3.05) is 11.6 Å². The zero-order valence-electron chi connectivity index (χ0n) is 15.5. The molecule has 1 aromatic heterocycles. The fourth-order valence-electron chi connectivity index (χ4n) is 2.91. The van der Waals surface area contributed by atoms with E-state index in [2.05, 4.69) is 10.4 Å². The first kappa shape index (κ1) is 18.8. The van der Waals surface area contributed by atoms with Crippen LogP contribution in [0.1, 0.15) is 44.1 Å². The summed E-state index contributed by atoms with van der Waals surface area (Å²) in [6, 6.07) is -0.363. The minimum absolute atomic E-state index is 0.0386. The molecule has 7 heteroatoms. The summed E-state index contributed by atoms with van der Waals surface area (Å²) in [5, 5.41) is 7.37. The molecule has 24 heavy (non-hydrogen) atoms. The first-order valence-electron chi connectivity index (χ1n) is 8.28. The molecule has 6 nitrogen and oxygen atoms in total. The molecule has 1 aromatic rings. The van der Waals surface area contributed by atoms with Gasteiger partial charge in [0.05, 0.1) is 11.6 Å². The molecule has 2 heterocycles. The highest BCUT2D eigenvalue weighted by molar-refractivity contribution is 7.99. The molecule has 1 fully saturated rings. The predicted octanol–water partition coefficient (Wildman–Crippen LogP) is 1.79. The van der Waals surface area contributed by atoms with Gasteiger partial charge in [-0.15, -0.1) is 11.8 Å². The van der Waals surface area contributed by atoms with Crippen molar-refractivity contribution in [3.63, 3.8) is 0 Å². The molecule has 0 radical (unpaired) electrons. The van der Waals surface area contributed by atoms with E-state index in [1.165, 1.54) is 0 Å². The molecular weight excluding hydrogens is 324 g/mol. The second-order valence-corrected chi connectivity index (χ2v) is 8.39. The predicted molar refractivity (Wildman–Crippen MR) is 96.9 cm³/mol. The Hall–Kier alpha value is -1.50. The van der Waals surface area contributed by atoms with Crippen molar-refractivity contribution in [3.05, 3.63) is 17.0 Å². The highest BCUT2D eigenvalue weighted by Gasteiger charge is 2.35. The van der Waals surface area contributed by atoms with Crippen molar-refractivity contribution >= 4 is 23.6 Å². The summed E-state index contributed by atoms with van der Waals surface area (Å²) in [5.41, 5.74) is 2.91. The summed E-state index contributed by atoms with van der Waals surface area (Å²) in [7, 11) is 1.91. The Morgan fingerprint density at radius 3 is 2.54 bits per heavy atom. The number of aromatic nitrogens is 2. The van der Waals surface area contributed by atoms with Crippen LogP contribution in [0.15, 0.2) is 0 Å². The van der Waals surface area contributed by atoms with Crippen LogP contribution in [-0.2, 0) is 23.1 Å². The summed E-state index contributed by atoms with van der Waals surface area (Å²) < 4.78 is 1.85. The molecule has 0 saturated carbocycles. The van der Waals surface area contributed by atoms with E-state index in [1.807, 2.05) is 46.3 Å². The normalized spacial score (nSPS) is 18.1. The van der Waals surface area contributed by atoms with Gasteiger partial charge in [0.15, 0.2) is 0 Å². The molecule has 0 aliphatic carbocycles. The molecular formula is C17H28N4O2S. The average Bonchev–Trinajstić information content (AvgIpc) is 3.02. The van der Waals surface area contributed by atoms with E-state index in [4.69, 9.17) is 0 Å². The zero-order valence-corrected chi connectivity index (χ0v) is 16.3. The number of aryl methyl sites for hydroxylation is 2. The van der Waals surface area contributed by atoms with Gasteiger partial charge in [0, 0.05) is 30.5 Å². The summed E-state index contributed by atoms with van der Waals surface area (Å²) >= 11 is 1.63. The summed E-state index contributed by atoms with van der Waals surface area (Å²) in [6.07, 6.45) is 1.08. The average molecular weight is 353 g/mol. The van der Waals surface area contributed by atoms with Crippen LogP contribution >= 0.6 is 11.8 Å². The maximum atomic E-state index is 12.6. The van der Waals surface area contributed by atoms with E-state index >= 15 is 0 Å². The van der Waals surface area contributed by atoms with Gasteiger partial charge in [-0.2, -0.15) is 5.10 Å². The van der Waals surface area contributed by atoms with Crippen LogP contribution < -0.4 is 5.32 Å². The van der Waals surface area contributed by atoms with Crippen molar-refractivity contribution in [3.8, 4) is 0 Å². The van der Waals surface area contributed by atoms with Crippen molar-refractivity contribution in [2.24, 2.45) is 7.05 Å². The molecule has 134 valence electrons. The Balaban J connectivity index is 1.99. The van der Waals surface area contributed by atoms with Crippen molar-refractivity contribution in [1.29, 1.82) is 0 Å². The van der Waals surface area contributed by atoms with Crippen LogP contribution in [-0.4, -0.2) is 49.7 Å². The quantitative estimate of drug-likeness (QED) is 0.897. The summed E-state index contributed by atoms with van der Waals surface area (Å²) in [5.74, 6) is 1.23. The number of nitrogens with zero attached hydrogens (tertiary/aromatic N) is 3. The third-order valence-electron chi connectivity index (χ3n) is 4.25. The van der Waals surface area contributed by atoms with Crippen LogP contribution in [0.25, 0.3) is 0 Å². The van der Waals surface area contributed by atoms with Gasteiger partial charge < -0.3 is 10.2 Å². The number of amides is 2. The van der Waals surface area contributed by atoms with Crippen LogP contribution in [0.4, 0.5) is 0 Å². The Bertz CT molecular complexity index is 633. The Morgan fingerprint density at radius 2 is 2.00 bits per heavy atom. The molecule has 2 rings (SSSR count). The van der Waals surface area contributed by atoms with Crippen LogP contribution in [0.5, 0.6) is 0 Å². The lowest BCUT2D eigenvalue weighted by Gasteiger charge is -2.27. The molecule has 1 aliphatic heterocycles. The van der Waals surface area contributed by atoms with Gasteiger partial charge in [0.2, 0.25) is 11.8 Å². The van der Waals surface area contributed by atoms with Gasteiger partial charge in [0.25, 0.3) is 0 Å². The van der Waals surface area contributed by atoms with Crippen molar-refractivity contribution < 1.29 is 9.59 Å². The number of nitrogens with one attached hydrogen (secondary N) is 1. The molecule has 0 bridgehead atoms. The van der Waals surface area contributed by atoms with Gasteiger partial charge in [-0.3, -0.25) is 14.3 Å². The number of carbonyl (C=O) groups is 2. The molecule has 1 unspecified atom stereocenters. The molecule has 1 N–H and O–H groups in total. The number of carbonyl (C=O) groups excluding carboxylic acids is 2. The third-order valence-corrected chi connectivity index (χ3v) is 5.26. The molecule has 1 aliphatic rings. The van der Waals surface area contributed by atoms with Gasteiger partial charge in [-0.05, 0) is 46.6 Å². The van der Waals surface area contributed by atoms with Crippen molar-refractivity contribution in [1.82, 2.24) is 20.0 Å². The molecule has 1 saturated heterocycles. The van der Waals surface area contributed by atoms with Gasteiger partial charge in [-0.1, -0.05) is 0 Å². The largest absolute Gasteiger partial charge is 0.350 e. The maximum Gasteiger partial charge on any atom is 0.244 e. The molecule has 0 spiro atoms. The number of thioether (sulfide) groups is 1. The monoisotopic (exact) mass is 352 g/mol. The van der Waals surface area contributed by atoms with Gasteiger partial charge >= 0.3 is 0 Å². The highest BCUT2D eigenvalue weighted by atomic mass is 32.2. The third kappa shape index (κ3) is 4.32. The molecule has 0 aromatic carbocycles. The smallest absolute Gasteiger partial charge is 0.244 e. The van der Waals surface area contributed by atoms with E-state index in [1.54, 1.807) is 16.7 Å². The van der Waals surface area contributed by atoms with Gasteiger partial charge in [0.1, 0.15) is 6.04 Å². The standard InChI is InChI=1S/C17H28N4O2S/c1-11-13(12(2)20(6)19-11)7-8-15(22)21-10-24-9-14(21)16(23)18-17(3,4)5/h14H,7-10H2,1-6H3,(H,18,23). The summed E-state index contributed by atoms with van der Waals surface area (Å²) in [4.78, 5) is 26.8. The Kier molecular flexibility index (Phi) is 5.63. The minimum atomic E-state index is -0.363. The fourth-order valence-corrected chi connectivity index (χ4v) is 4.09. The maximum absolute atomic E-state index is 12.6. The number of hydrogen-bond acceptors (Lipinski definition) is 4. The number of hydrogen-bond donors (Lipinski definition) is 1. The second kappa shape index (κ2) is 7.17. The molecule has 1 atom stereocenters. The number of rotatable bonds is 4. The lowest BCUT2D eigenvalue weighted by Crippen LogP contribution is -2.52.